The number of H-pyrrole nitrogens is 1. The first-order chi connectivity index (χ1) is 18.8. The molecule has 0 bridgehead atoms. The molecule has 5 rings (SSSR count). The van der Waals surface area contributed by atoms with E-state index in [0.717, 1.165) is 42.8 Å². The number of rotatable bonds is 8. The van der Waals surface area contributed by atoms with Crippen LogP contribution in [0.25, 0.3) is 11.0 Å². The minimum absolute atomic E-state index is 0.00228. The summed E-state index contributed by atoms with van der Waals surface area (Å²) in [5, 5.41) is 23.7. The van der Waals surface area contributed by atoms with Crippen LogP contribution in [0.3, 0.4) is 0 Å². The molecule has 10 heteroatoms. The lowest BCUT2D eigenvalue weighted by atomic mass is 9.91. The third-order valence-corrected chi connectivity index (χ3v) is 7.15. The van der Waals surface area contributed by atoms with Crippen molar-refractivity contribution in [1.29, 1.82) is 0 Å². The van der Waals surface area contributed by atoms with Gasteiger partial charge in [-0.2, -0.15) is 0 Å². The first-order valence-corrected chi connectivity index (χ1v) is 13.0. The number of hydrogen-bond donors (Lipinski definition) is 4. The van der Waals surface area contributed by atoms with Crippen molar-refractivity contribution in [3.63, 3.8) is 0 Å². The molecule has 0 saturated carbocycles. The fourth-order valence-corrected chi connectivity index (χ4v) is 5.13. The summed E-state index contributed by atoms with van der Waals surface area (Å²) in [6.45, 7) is 3.95. The highest BCUT2D eigenvalue weighted by Crippen LogP contribution is 2.37. The summed E-state index contributed by atoms with van der Waals surface area (Å²) in [5.41, 5.74) is 1.95. The molecule has 1 amide bonds. The van der Waals surface area contributed by atoms with E-state index in [1.54, 1.807) is 19.1 Å². The number of aromatic nitrogens is 2. The van der Waals surface area contributed by atoms with E-state index in [1.807, 2.05) is 24.3 Å². The van der Waals surface area contributed by atoms with Gasteiger partial charge in [0, 0.05) is 31.6 Å². The number of phenols is 1. The van der Waals surface area contributed by atoms with Gasteiger partial charge in [-0.05, 0) is 49.6 Å². The molecule has 204 valence electrons. The molecular formula is C29H32N4O6. The van der Waals surface area contributed by atoms with Gasteiger partial charge in [0.05, 0.1) is 30.6 Å². The molecule has 2 aromatic carbocycles. The number of nitrogens with one attached hydrogen (secondary N) is 2. The molecule has 0 radical (unpaired) electrons. The van der Waals surface area contributed by atoms with Gasteiger partial charge in [0.15, 0.2) is 17.3 Å². The topological polar surface area (TPSA) is 141 Å². The zero-order valence-corrected chi connectivity index (χ0v) is 21.9. The lowest BCUT2D eigenvalue weighted by molar-refractivity contribution is -0.122. The second-order valence-electron chi connectivity index (χ2n) is 9.94. The number of fused-ring (bicyclic) bond motifs is 1. The molecule has 0 unspecified atom stereocenters. The van der Waals surface area contributed by atoms with Crippen LogP contribution in [0.15, 0.2) is 57.7 Å². The largest absolute Gasteiger partial charge is 0.504 e. The van der Waals surface area contributed by atoms with E-state index in [0.29, 0.717) is 17.9 Å². The van der Waals surface area contributed by atoms with Gasteiger partial charge in [-0.25, -0.2) is 4.98 Å². The zero-order chi connectivity index (χ0) is 27.5. The number of likely N-dealkylation sites (tertiary alicyclic amines) is 1. The number of para-hydroxylation sites is 2. The number of ether oxygens (including phenoxy) is 1. The molecule has 0 spiro atoms. The number of amides is 1. The average Bonchev–Trinajstić information content (AvgIpc) is 3.33. The fraction of sp³-hybridized carbons (Fsp3) is 0.345. The number of aromatic amines is 1. The minimum atomic E-state index is -0.764. The number of phenolic OH excluding ortho intramolecular Hbond substituents is 1. The van der Waals surface area contributed by atoms with Crippen molar-refractivity contribution in [2.75, 3.05) is 20.2 Å². The molecule has 3 heterocycles. The van der Waals surface area contributed by atoms with E-state index >= 15 is 0 Å². The maximum absolute atomic E-state index is 13.2. The maximum Gasteiger partial charge on any atom is 0.227 e. The standard InChI is InChI=1S/C29H32N4O6/c1-17-13-24(35)28(37)29(39-17)20(18-7-8-23(34)25(14-18)38-2)15-27(36)30-19-9-11-33(12-10-19)16-26-31-21-5-3-4-6-22(21)32-26/h3-8,13-14,19-20,34,37H,9-12,15-16H2,1-2H3,(H,30,36)(H,31,32)/t20-/m1/s1. The van der Waals surface area contributed by atoms with Gasteiger partial charge in [-0.15, -0.1) is 0 Å². The smallest absolute Gasteiger partial charge is 0.227 e. The number of carbonyl (C=O) groups is 1. The lowest BCUT2D eigenvalue weighted by Crippen LogP contribution is -2.44. The molecule has 4 aromatic rings. The number of benzene rings is 2. The van der Waals surface area contributed by atoms with Crippen molar-refractivity contribution >= 4 is 16.9 Å². The van der Waals surface area contributed by atoms with Crippen LogP contribution in [0.2, 0.25) is 0 Å². The van der Waals surface area contributed by atoms with Crippen LogP contribution in [0.1, 0.15) is 48.1 Å². The molecule has 2 aromatic heterocycles. The molecule has 1 atom stereocenters. The van der Waals surface area contributed by atoms with E-state index in [1.165, 1.54) is 19.2 Å². The van der Waals surface area contributed by atoms with Gasteiger partial charge in [0.25, 0.3) is 0 Å². The number of carbonyl (C=O) groups excluding carboxylic acids is 1. The maximum atomic E-state index is 13.2. The molecule has 1 fully saturated rings. The molecule has 0 aliphatic carbocycles. The van der Waals surface area contributed by atoms with Gasteiger partial charge in [0.2, 0.25) is 17.1 Å². The SMILES string of the molecule is COc1cc([C@@H](CC(=O)NC2CCN(Cc3nc4ccccc4[nH]3)CC2)c2oc(C)cc(=O)c2O)ccc1O. The lowest BCUT2D eigenvalue weighted by Gasteiger charge is -2.32. The number of imidazole rings is 1. The Morgan fingerprint density at radius 2 is 1.97 bits per heavy atom. The number of piperidine rings is 1. The van der Waals surface area contributed by atoms with Gasteiger partial charge in [0.1, 0.15) is 11.6 Å². The minimum Gasteiger partial charge on any atom is -0.504 e. The summed E-state index contributed by atoms with van der Waals surface area (Å²) in [6, 6.07) is 13.8. The summed E-state index contributed by atoms with van der Waals surface area (Å²) >= 11 is 0. The Kier molecular flexibility index (Phi) is 7.56. The van der Waals surface area contributed by atoms with Gasteiger partial charge in [-0.1, -0.05) is 18.2 Å². The number of nitrogens with zero attached hydrogens (tertiary/aromatic N) is 2. The third-order valence-electron chi connectivity index (χ3n) is 7.15. The van der Waals surface area contributed by atoms with Crippen LogP contribution >= 0.6 is 0 Å². The zero-order valence-electron chi connectivity index (χ0n) is 21.9. The van der Waals surface area contributed by atoms with Crippen LogP contribution in [0.5, 0.6) is 17.2 Å². The second-order valence-corrected chi connectivity index (χ2v) is 9.94. The van der Waals surface area contributed by atoms with Crippen LogP contribution < -0.4 is 15.5 Å². The Morgan fingerprint density at radius 3 is 2.72 bits per heavy atom. The Labute approximate surface area is 225 Å². The Morgan fingerprint density at radius 1 is 1.21 bits per heavy atom. The highest BCUT2D eigenvalue weighted by Gasteiger charge is 2.28. The van der Waals surface area contributed by atoms with Gasteiger partial charge >= 0.3 is 0 Å². The van der Waals surface area contributed by atoms with Crippen LogP contribution in [-0.4, -0.2) is 57.2 Å². The predicted molar refractivity (Wildman–Crippen MR) is 145 cm³/mol. The second kappa shape index (κ2) is 11.2. The van der Waals surface area contributed by atoms with Gasteiger partial charge < -0.3 is 29.7 Å². The van der Waals surface area contributed by atoms with E-state index in [2.05, 4.69) is 20.2 Å². The van der Waals surface area contributed by atoms with E-state index in [9.17, 15) is 19.8 Å². The van der Waals surface area contributed by atoms with E-state index in [4.69, 9.17) is 9.15 Å². The quantitative estimate of drug-likeness (QED) is 0.270. The van der Waals surface area contributed by atoms with Gasteiger partial charge in [-0.3, -0.25) is 14.5 Å². The highest BCUT2D eigenvalue weighted by atomic mass is 16.5. The van der Waals surface area contributed by atoms with Crippen molar-refractivity contribution in [3.05, 3.63) is 81.7 Å². The Balaban J connectivity index is 1.26. The van der Waals surface area contributed by atoms with Crippen molar-refractivity contribution in [2.45, 2.75) is 44.7 Å². The first-order valence-electron chi connectivity index (χ1n) is 13.0. The monoisotopic (exact) mass is 532 g/mol. The summed E-state index contributed by atoms with van der Waals surface area (Å²) in [4.78, 5) is 35.9. The molecule has 1 saturated heterocycles. The molecule has 10 nitrogen and oxygen atoms in total. The predicted octanol–water partition coefficient (Wildman–Crippen LogP) is 3.55. The fourth-order valence-electron chi connectivity index (χ4n) is 5.13. The van der Waals surface area contributed by atoms with Crippen LogP contribution in [0.4, 0.5) is 0 Å². The summed E-state index contributed by atoms with van der Waals surface area (Å²) in [7, 11) is 1.42. The molecule has 1 aliphatic heterocycles. The number of hydrogen-bond acceptors (Lipinski definition) is 8. The normalized spacial score (nSPS) is 15.3. The van der Waals surface area contributed by atoms with Crippen molar-refractivity contribution in [2.24, 2.45) is 0 Å². The summed E-state index contributed by atoms with van der Waals surface area (Å²) in [5.74, 6) is -0.136. The Bertz CT molecular complexity index is 1500. The molecule has 1 aliphatic rings. The highest BCUT2D eigenvalue weighted by molar-refractivity contribution is 5.78. The number of methoxy groups -OCH3 is 1. The molecular weight excluding hydrogens is 500 g/mol. The average molecular weight is 533 g/mol. The van der Waals surface area contributed by atoms with Crippen molar-refractivity contribution < 1.29 is 24.2 Å². The van der Waals surface area contributed by atoms with Crippen molar-refractivity contribution in [1.82, 2.24) is 20.2 Å². The first kappa shape index (κ1) is 26.3. The summed E-state index contributed by atoms with van der Waals surface area (Å²) < 4.78 is 11.0. The number of aromatic hydroxyl groups is 2. The van der Waals surface area contributed by atoms with Crippen LogP contribution in [-0.2, 0) is 11.3 Å². The molecule has 4 N–H and O–H groups in total. The van der Waals surface area contributed by atoms with E-state index in [-0.39, 0.29) is 35.6 Å². The van der Waals surface area contributed by atoms with Crippen LogP contribution in [0, 0.1) is 6.92 Å². The third kappa shape index (κ3) is 5.91. The van der Waals surface area contributed by atoms with E-state index < -0.39 is 17.1 Å². The van der Waals surface area contributed by atoms with Crippen molar-refractivity contribution in [3.8, 4) is 17.2 Å². The molecule has 39 heavy (non-hydrogen) atoms. The summed E-state index contributed by atoms with van der Waals surface area (Å²) in [6.07, 6.45) is 1.51. The number of aryl methyl sites for hydroxylation is 1. The Hall–Kier alpha value is -4.31.